The quantitative estimate of drug-likeness (QED) is 0.861. The van der Waals surface area contributed by atoms with E-state index in [0.29, 0.717) is 19.2 Å². The summed E-state index contributed by atoms with van der Waals surface area (Å²) in [5.41, 5.74) is 0.827. The van der Waals surface area contributed by atoms with Crippen molar-refractivity contribution in [1.29, 1.82) is 0 Å². The van der Waals surface area contributed by atoms with E-state index in [4.69, 9.17) is 14.2 Å². The van der Waals surface area contributed by atoms with Gasteiger partial charge in [-0.05, 0) is 17.0 Å². The van der Waals surface area contributed by atoms with Gasteiger partial charge in [0, 0.05) is 18.3 Å². The van der Waals surface area contributed by atoms with Crippen LogP contribution in [0.25, 0.3) is 0 Å². The van der Waals surface area contributed by atoms with Gasteiger partial charge in [0.1, 0.15) is 18.1 Å². The van der Waals surface area contributed by atoms with Crippen LogP contribution in [0.4, 0.5) is 0 Å². The summed E-state index contributed by atoms with van der Waals surface area (Å²) in [6.45, 7) is 7.41. The highest BCUT2D eigenvalue weighted by molar-refractivity contribution is 5.44. The van der Waals surface area contributed by atoms with Gasteiger partial charge in [0.15, 0.2) is 6.10 Å². The van der Waals surface area contributed by atoms with Gasteiger partial charge in [-0.3, -0.25) is 9.36 Å². The summed E-state index contributed by atoms with van der Waals surface area (Å²) in [6, 6.07) is 7.62. The van der Waals surface area contributed by atoms with E-state index < -0.39 is 0 Å². The average molecular weight is 330 g/mol. The van der Waals surface area contributed by atoms with Gasteiger partial charge >= 0.3 is 0 Å². The fraction of sp³-hybridized carbons (Fsp3) is 0.444. The molecule has 6 heteroatoms. The van der Waals surface area contributed by atoms with Crippen LogP contribution in [0.3, 0.4) is 0 Å². The smallest absolute Gasteiger partial charge is 0.300 e. The van der Waals surface area contributed by atoms with E-state index in [1.807, 2.05) is 18.2 Å². The molecule has 0 fully saturated rings. The van der Waals surface area contributed by atoms with Crippen molar-refractivity contribution in [3.05, 3.63) is 46.4 Å². The Kier molecular flexibility index (Phi) is 4.22. The van der Waals surface area contributed by atoms with Crippen molar-refractivity contribution in [2.45, 2.75) is 38.8 Å². The standard InChI is InChI=1S/C18H22N2O4/c1-18(2,3)14-6-5-12(9-15(14)22-4)23-11-13-10-20-8-7-16(21)19-17(20)24-13/h5-9,13H,10-11H2,1-4H3/t13-/m0/s1. The zero-order chi connectivity index (χ0) is 17.3. The molecule has 6 nitrogen and oxygen atoms in total. The van der Waals surface area contributed by atoms with Crippen LogP contribution < -0.4 is 19.8 Å². The fourth-order valence-electron chi connectivity index (χ4n) is 2.71. The van der Waals surface area contributed by atoms with Crippen LogP contribution in [0.2, 0.25) is 0 Å². The molecule has 0 amide bonds. The summed E-state index contributed by atoms with van der Waals surface area (Å²) >= 11 is 0. The lowest BCUT2D eigenvalue weighted by Gasteiger charge is -2.22. The van der Waals surface area contributed by atoms with Crippen LogP contribution in [0.15, 0.2) is 35.3 Å². The summed E-state index contributed by atoms with van der Waals surface area (Å²) in [5, 5.41) is 0. The fourth-order valence-corrected chi connectivity index (χ4v) is 2.71. The largest absolute Gasteiger partial charge is 0.496 e. The van der Waals surface area contributed by atoms with E-state index in [2.05, 4.69) is 25.8 Å². The Balaban J connectivity index is 1.67. The van der Waals surface area contributed by atoms with Crippen LogP contribution in [-0.4, -0.2) is 29.4 Å². The van der Waals surface area contributed by atoms with Crippen LogP contribution in [-0.2, 0) is 12.0 Å². The SMILES string of the molecule is COc1cc(OC[C@@H]2Cn3ccc(=O)nc3O2)ccc1C(C)(C)C. The van der Waals surface area contributed by atoms with Gasteiger partial charge < -0.3 is 14.2 Å². The lowest BCUT2D eigenvalue weighted by atomic mass is 9.86. The molecule has 0 bridgehead atoms. The first-order chi connectivity index (χ1) is 11.4. The number of fused-ring (bicyclic) bond motifs is 1. The zero-order valence-corrected chi connectivity index (χ0v) is 14.4. The maximum atomic E-state index is 11.2. The predicted octanol–water partition coefficient (Wildman–Crippen LogP) is 2.39. The molecule has 1 aromatic carbocycles. The van der Waals surface area contributed by atoms with Gasteiger partial charge in [-0.2, -0.15) is 4.98 Å². The van der Waals surface area contributed by atoms with Crippen LogP contribution >= 0.6 is 0 Å². The Morgan fingerprint density at radius 1 is 1.33 bits per heavy atom. The Labute approximate surface area is 141 Å². The Morgan fingerprint density at radius 3 is 2.83 bits per heavy atom. The number of methoxy groups -OCH3 is 1. The van der Waals surface area contributed by atoms with E-state index in [1.54, 1.807) is 17.9 Å². The second-order valence-electron chi connectivity index (χ2n) is 6.86. The third-order valence-corrected chi connectivity index (χ3v) is 3.94. The molecule has 1 atom stereocenters. The van der Waals surface area contributed by atoms with E-state index in [0.717, 1.165) is 17.1 Å². The summed E-state index contributed by atoms with van der Waals surface area (Å²) in [7, 11) is 1.66. The molecule has 3 rings (SSSR count). The summed E-state index contributed by atoms with van der Waals surface area (Å²) < 4.78 is 18.8. The van der Waals surface area contributed by atoms with Crippen molar-refractivity contribution >= 4 is 0 Å². The molecule has 24 heavy (non-hydrogen) atoms. The number of hydrogen-bond donors (Lipinski definition) is 0. The second kappa shape index (κ2) is 6.19. The van der Waals surface area contributed by atoms with Crippen LogP contribution in [0, 0.1) is 0 Å². The topological polar surface area (TPSA) is 62.6 Å². The van der Waals surface area contributed by atoms with Crippen LogP contribution in [0.5, 0.6) is 17.5 Å². The number of aromatic nitrogens is 2. The van der Waals surface area contributed by atoms with Gasteiger partial charge in [0.25, 0.3) is 11.6 Å². The molecular weight excluding hydrogens is 308 g/mol. The first-order valence-electron chi connectivity index (χ1n) is 7.92. The lowest BCUT2D eigenvalue weighted by molar-refractivity contribution is 0.143. The van der Waals surface area contributed by atoms with Crippen molar-refractivity contribution in [3.63, 3.8) is 0 Å². The molecule has 0 saturated heterocycles. The molecule has 0 N–H and O–H groups in total. The number of benzene rings is 1. The predicted molar refractivity (Wildman–Crippen MR) is 90.1 cm³/mol. The highest BCUT2D eigenvalue weighted by Crippen LogP contribution is 2.34. The van der Waals surface area contributed by atoms with Crippen molar-refractivity contribution in [2.75, 3.05) is 13.7 Å². The molecule has 0 saturated carbocycles. The summed E-state index contributed by atoms with van der Waals surface area (Å²) in [5.74, 6) is 1.53. The molecule has 0 aliphatic carbocycles. The van der Waals surface area contributed by atoms with E-state index in [9.17, 15) is 4.79 Å². The Morgan fingerprint density at radius 2 is 2.12 bits per heavy atom. The van der Waals surface area contributed by atoms with Crippen LogP contribution in [0.1, 0.15) is 26.3 Å². The maximum Gasteiger partial charge on any atom is 0.300 e. The van der Waals surface area contributed by atoms with Crippen molar-refractivity contribution in [3.8, 4) is 17.5 Å². The zero-order valence-electron chi connectivity index (χ0n) is 14.4. The number of nitrogens with zero attached hydrogens (tertiary/aromatic N) is 2. The highest BCUT2D eigenvalue weighted by atomic mass is 16.6. The number of ether oxygens (including phenoxy) is 3. The molecule has 1 aliphatic rings. The monoisotopic (exact) mass is 330 g/mol. The lowest BCUT2D eigenvalue weighted by Crippen LogP contribution is -2.23. The molecule has 0 unspecified atom stereocenters. The van der Waals surface area contributed by atoms with E-state index in [-0.39, 0.29) is 17.1 Å². The molecule has 1 aromatic heterocycles. The minimum absolute atomic E-state index is 0.00156. The average Bonchev–Trinajstić information content (AvgIpc) is 2.93. The van der Waals surface area contributed by atoms with Crippen molar-refractivity contribution < 1.29 is 14.2 Å². The molecule has 128 valence electrons. The normalized spacial score (nSPS) is 16.4. The Bertz CT molecular complexity index is 792. The minimum atomic E-state index is -0.301. The minimum Gasteiger partial charge on any atom is -0.496 e. The third-order valence-electron chi connectivity index (χ3n) is 3.94. The first kappa shape index (κ1) is 16.4. The maximum absolute atomic E-state index is 11.2. The molecule has 0 spiro atoms. The molecular formula is C18H22N2O4. The Hall–Kier alpha value is -2.50. The van der Waals surface area contributed by atoms with Gasteiger partial charge in [-0.15, -0.1) is 0 Å². The van der Waals surface area contributed by atoms with Gasteiger partial charge in [0.05, 0.1) is 13.7 Å². The van der Waals surface area contributed by atoms with Gasteiger partial charge in [-0.1, -0.05) is 26.8 Å². The van der Waals surface area contributed by atoms with Gasteiger partial charge in [0.2, 0.25) is 0 Å². The summed E-state index contributed by atoms with van der Waals surface area (Å²) in [4.78, 5) is 15.1. The number of hydrogen-bond acceptors (Lipinski definition) is 5. The van der Waals surface area contributed by atoms with E-state index in [1.165, 1.54) is 6.07 Å². The number of rotatable bonds is 4. The molecule has 0 radical (unpaired) electrons. The van der Waals surface area contributed by atoms with Gasteiger partial charge in [-0.25, -0.2) is 0 Å². The third kappa shape index (κ3) is 3.37. The first-order valence-corrected chi connectivity index (χ1v) is 7.92. The van der Waals surface area contributed by atoms with E-state index >= 15 is 0 Å². The molecule has 2 aromatic rings. The highest BCUT2D eigenvalue weighted by Gasteiger charge is 2.24. The van der Waals surface area contributed by atoms with Crippen molar-refractivity contribution in [1.82, 2.24) is 9.55 Å². The molecule has 1 aliphatic heterocycles. The summed E-state index contributed by atoms with van der Waals surface area (Å²) in [6.07, 6.45) is 1.51. The molecule has 2 heterocycles. The van der Waals surface area contributed by atoms with Crippen molar-refractivity contribution in [2.24, 2.45) is 0 Å². The second-order valence-corrected chi connectivity index (χ2v) is 6.86.